The van der Waals surface area contributed by atoms with Gasteiger partial charge in [-0.15, -0.1) is 0 Å². The maximum absolute atomic E-state index is 11.9. The van der Waals surface area contributed by atoms with Crippen molar-refractivity contribution >= 4 is 10.0 Å². The number of benzene rings is 1. The van der Waals surface area contributed by atoms with Gasteiger partial charge in [0.2, 0.25) is 10.0 Å². The lowest BCUT2D eigenvalue weighted by Crippen LogP contribution is -2.24. The normalized spacial score (nSPS) is 11.5. The van der Waals surface area contributed by atoms with Crippen molar-refractivity contribution in [3.05, 3.63) is 23.3 Å². The molecule has 0 atom stereocenters. The largest absolute Gasteiger partial charge is 0.494 e. The van der Waals surface area contributed by atoms with Crippen molar-refractivity contribution in [1.29, 1.82) is 0 Å². The highest BCUT2D eigenvalue weighted by molar-refractivity contribution is 7.89. The van der Waals surface area contributed by atoms with Gasteiger partial charge in [-0.3, -0.25) is 0 Å². The van der Waals surface area contributed by atoms with E-state index in [1.165, 1.54) is 0 Å². The average molecular weight is 257 g/mol. The first kappa shape index (κ1) is 14.0. The summed E-state index contributed by atoms with van der Waals surface area (Å²) in [5.41, 5.74) is 1.52. The van der Waals surface area contributed by atoms with E-state index in [4.69, 9.17) is 4.74 Å². The molecule has 5 heteroatoms. The van der Waals surface area contributed by atoms with E-state index in [9.17, 15) is 8.42 Å². The van der Waals surface area contributed by atoms with Gasteiger partial charge in [0.05, 0.1) is 11.5 Å². The van der Waals surface area contributed by atoms with Crippen LogP contribution in [0.5, 0.6) is 5.75 Å². The highest BCUT2D eigenvalue weighted by atomic mass is 32.2. The summed E-state index contributed by atoms with van der Waals surface area (Å²) < 4.78 is 31.8. The molecule has 0 spiro atoms. The molecule has 0 amide bonds. The third-order valence-electron chi connectivity index (χ3n) is 2.40. The Morgan fingerprint density at radius 3 is 2.35 bits per heavy atom. The molecule has 0 heterocycles. The summed E-state index contributed by atoms with van der Waals surface area (Å²) in [5.74, 6) is 0.737. The summed E-state index contributed by atoms with van der Waals surface area (Å²) in [4.78, 5) is 0.320. The number of nitrogens with one attached hydrogen (secondary N) is 1. The van der Waals surface area contributed by atoms with Gasteiger partial charge >= 0.3 is 0 Å². The van der Waals surface area contributed by atoms with E-state index in [-0.39, 0.29) is 0 Å². The van der Waals surface area contributed by atoms with Crippen LogP contribution in [-0.4, -0.2) is 21.6 Å². The lowest BCUT2D eigenvalue weighted by atomic mass is 10.1. The Morgan fingerprint density at radius 2 is 1.82 bits per heavy atom. The molecule has 1 aromatic carbocycles. The summed E-state index contributed by atoms with van der Waals surface area (Å²) in [7, 11) is -3.40. The zero-order valence-electron chi connectivity index (χ0n) is 10.7. The van der Waals surface area contributed by atoms with Crippen LogP contribution < -0.4 is 9.46 Å². The number of sulfonamides is 1. The number of ether oxygens (including phenoxy) is 1. The van der Waals surface area contributed by atoms with Crippen LogP contribution in [-0.2, 0) is 10.0 Å². The fraction of sp³-hybridized carbons (Fsp3) is 0.500. The zero-order valence-corrected chi connectivity index (χ0v) is 11.5. The van der Waals surface area contributed by atoms with E-state index in [0.29, 0.717) is 23.6 Å². The molecule has 0 aliphatic heterocycles. The molecule has 0 bridgehead atoms. The Bertz CT molecular complexity index is 495. The van der Waals surface area contributed by atoms with E-state index in [1.54, 1.807) is 26.0 Å². The molecule has 1 N–H and O–H groups in total. The highest BCUT2D eigenvalue weighted by Gasteiger charge is 2.17. The molecule has 1 rings (SSSR count). The lowest BCUT2D eigenvalue weighted by molar-refractivity contribution is 0.337. The smallest absolute Gasteiger partial charge is 0.240 e. The van der Waals surface area contributed by atoms with Gasteiger partial charge < -0.3 is 4.74 Å². The fourth-order valence-electron chi connectivity index (χ4n) is 1.63. The van der Waals surface area contributed by atoms with E-state index >= 15 is 0 Å². The van der Waals surface area contributed by atoms with E-state index < -0.39 is 10.0 Å². The molecule has 0 aliphatic carbocycles. The first-order chi connectivity index (χ1) is 7.92. The summed E-state index contributed by atoms with van der Waals surface area (Å²) in [6.07, 6.45) is 0. The SMILES string of the molecule is CCNS(=O)(=O)c1cc(C)c(OCC)cc1C. The fourth-order valence-corrected chi connectivity index (χ4v) is 2.98. The Balaban J connectivity index is 3.25. The summed E-state index contributed by atoms with van der Waals surface area (Å²) >= 11 is 0. The average Bonchev–Trinajstić information content (AvgIpc) is 2.23. The van der Waals surface area contributed by atoms with Gasteiger partial charge in [0, 0.05) is 6.54 Å². The molecule has 0 radical (unpaired) electrons. The van der Waals surface area contributed by atoms with Crippen LogP contribution in [0.2, 0.25) is 0 Å². The molecule has 17 heavy (non-hydrogen) atoms. The Hall–Kier alpha value is -1.07. The Labute approximate surface area is 103 Å². The van der Waals surface area contributed by atoms with Gasteiger partial charge in [0.25, 0.3) is 0 Å². The van der Waals surface area contributed by atoms with Gasteiger partial charge in [-0.1, -0.05) is 6.92 Å². The zero-order chi connectivity index (χ0) is 13.1. The van der Waals surface area contributed by atoms with Crippen LogP contribution in [0.15, 0.2) is 17.0 Å². The molecule has 0 aromatic heterocycles. The third kappa shape index (κ3) is 3.20. The summed E-state index contributed by atoms with van der Waals surface area (Å²) in [5, 5.41) is 0. The molecule has 1 aromatic rings. The topological polar surface area (TPSA) is 55.4 Å². The second-order valence-electron chi connectivity index (χ2n) is 3.82. The van der Waals surface area contributed by atoms with Crippen LogP contribution in [0.25, 0.3) is 0 Å². The second-order valence-corrected chi connectivity index (χ2v) is 5.55. The summed E-state index contributed by atoms with van der Waals surface area (Å²) in [6.45, 7) is 8.22. The number of rotatable bonds is 5. The van der Waals surface area contributed by atoms with Crippen molar-refractivity contribution < 1.29 is 13.2 Å². The van der Waals surface area contributed by atoms with Gasteiger partial charge in [-0.05, 0) is 44.0 Å². The van der Waals surface area contributed by atoms with Gasteiger partial charge in [0.15, 0.2) is 0 Å². The minimum Gasteiger partial charge on any atom is -0.494 e. The van der Waals surface area contributed by atoms with E-state index in [1.807, 2.05) is 13.8 Å². The second kappa shape index (κ2) is 5.51. The third-order valence-corrected chi connectivity index (χ3v) is 4.08. The van der Waals surface area contributed by atoms with Crippen molar-refractivity contribution in [2.75, 3.05) is 13.2 Å². The monoisotopic (exact) mass is 257 g/mol. The van der Waals surface area contributed by atoms with Crippen molar-refractivity contribution in [2.24, 2.45) is 0 Å². The Morgan fingerprint density at radius 1 is 1.18 bits per heavy atom. The molecule has 0 fully saturated rings. The molecule has 0 saturated carbocycles. The molecule has 0 aliphatic rings. The number of hydrogen-bond donors (Lipinski definition) is 1. The van der Waals surface area contributed by atoms with Crippen molar-refractivity contribution in [3.8, 4) is 5.75 Å². The quantitative estimate of drug-likeness (QED) is 0.877. The van der Waals surface area contributed by atoms with Crippen LogP contribution in [0.3, 0.4) is 0 Å². The maximum atomic E-state index is 11.9. The van der Waals surface area contributed by atoms with Crippen LogP contribution in [0, 0.1) is 13.8 Å². The van der Waals surface area contributed by atoms with Gasteiger partial charge in [-0.25, -0.2) is 13.1 Å². The number of aryl methyl sites for hydroxylation is 2. The van der Waals surface area contributed by atoms with Gasteiger partial charge in [0.1, 0.15) is 5.75 Å². The predicted octanol–water partition coefficient (Wildman–Crippen LogP) is 2.00. The van der Waals surface area contributed by atoms with Crippen LogP contribution in [0.4, 0.5) is 0 Å². The highest BCUT2D eigenvalue weighted by Crippen LogP contribution is 2.25. The standard InChI is InChI=1S/C12H19NO3S/c1-5-13-17(14,15)12-8-9(3)11(16-6-2)7-10(12)4/h7-8,13H,5-6H2,1-4H3. The first-order valence-electron chi connectivity index (χ1n) is 5.66. The minimum atomic E-state index is -3.40. The lowest BCUT2D eigenvalue weighted by Gasteiger charge is -2.13. The molecule has 0 saturated heterocycles. The first-order valence-corrected chi connectivity index (χ1v) is 7.14. The van der Waals surface area contributed by atoms with E-state index in [2.05, 4.69) is 4.72 Å². The summed E-state index contributed by atoms with van der Waals surface area (Å²) in [6, 6.07) is 3.42. The predicted molar refractivity (Wildman–Crippen MR) is 67.9 cm³/mol. The van der Waals surface area contributed by atoms with Crippen LogP contribution in [0.1, 0.15) is 25.0 Å². The minimum absolute atomic E-state index is 0.320. The number of hydrogen-bond acceptors (Lipinski definition) is 3. The van der Waals surface area contributed by atoms with Crippen LogP contribution >= 0.6 is 0 Å². The Kier molecular flexibility index (Phi) is 4.54. The molecular weight excluding hydrogens is 238 g/mol. The van der Waals surface area contributed by atoms with E-state index in [0.717, 1.165) is 11.3 Å². The molecule has 0 unspecified atom stereocenters. The maximum Gasteiger partial charge on any atom is 0.240 e. The molecular formula is C12H19NO3S. The van der Waals surface area contributed by atoms with Crippen molar-refractivity contribution in [3.63, 3.8) is 0 Å². The van der Waals surface area contributed by atoms with Crippen molar-refractivity contribution in [2.45, 2.75) is 32.6 Å². The molecule has 4 nitrogen and oxygen atoms in total. The molecule has 96 valence electrons. The van der Waals surface area contributed by atoms with Gasteiger partial charge in [-0.2, -0.15) is 0 Å². The van der Waals surface area contributed by atoms with Crippen molar-refractivity contribution in [1.82, 2.24) is 4.72 Å².